The van der Waals surface area contributed by atoms with Crippen LogP contribution in [-0.2, 0) is 6.42 Å². The summed E-state index contributed by atoms with van der Waals surface area (Å²) in [4.78, 5) is 20.7. The second-order valence-electron chi connectivity index (χ2n) is 6.31. The van der Waals surface area contributed by atoms with Crippen LogP contribution >= 0.6 is 11.6 Å². The van der Waals surface area contributed by atoms with Crippen molar-refractivity contribution in [1.82, 2.24) is 15.3 Å². The first-order valence-corrected chi connectivity index (χ1v) is 9.08. The molecule has 0 radical (unpaired) electrons. The summed E-state index contributed by atoms with van der Waals surface area (Å²) in [6.07, 6.45) is 3.77. The SMILES string of the molecule is Cc1cccc(C)c1Nc1cnc(C(=O)NCCc2ccc(Cl)cc2)cn1. The lowest BCUT2D eigenvalue weighted by atomic mass is 10.1. The van der Waals surface area contributed by atoms with E-state index in [2.05, 4.69) is 20.6 Å². The van der Waals surface area contributed by atoms with Gasteiger partial charge in [0.15, 0.2) is 0 Å². The van der Waals surface area contributed by atoms with Gasteiger partial charge in [-0.2, -0.15) is 0 Å². The van der Waals surface area contributed by atoms with E-state index in [1.165, 1.54) is 6.20 Å². The Balaban J connectivity index is 1.56. The van der Waals surface area contributed by atoms with Crippen molar-refractivity contribution >= 4 is 29.0 Å². The van der Waals surface area contributed by atoms with E-state index in [1.807, 2.05) is 56.3 Å². The highest BCUT2D eigenvalue weighted by Gasteiger charge is 2.09. The van der Waals surface area contributed by atoms with Gasteiger partial charge in [-0.25, -0.2) is 9.97 Å². The van der Waals surface area contributed by atoms with Gasteiger partial charge in [0.05, 0.1) is 12.4 Å². The number of amides is 1. The standard InChI is InChI=1S/C21H21ClN4O/c1-14-4-3-5-15(2)20(14)26-19-13-24-18(12-25-19)21(27)23-11-10-16-6-8-17(22)9-7-16/h3-9,12-13H,10-11H2,1-2H3,(H,23,27)(H,25,26). The zero-order valence-corrected chi connectivity index (χ0v) is 16.0. The van der Waals surface area contributed by atoms with Crippen LogP contribution in [0.5, 0.6) is 0 Å². The van der Waals surface area contributed by atoms with E-state index >= 15 is 0 Å². The Bertz CT molecular complexity index is 904. The third kappa shape index (κ3) is 5.05. The first kappa shape index (κ1) is 18.9. The number of aryl methyl sites for hydroxylation is 2. The summed E-state index contributed by atoms with van der Waals surface area (Å²) >= 11 is 5.87. The molecule has 1 amide bonds. The fourth-order valence-electron chi connectivity index (χ4n) is 2.71. The van der Waals surface area contributed by atoms with Crippen LogP contribution in [0, 0.1) is 13.8 Å². The number of carbonyl (C=O) groups excluding carboxylic acids is 1. The van der Waals surface area contributed by atoms with Gasteiger partial charge >= 0.3 is 0 Å². The minimum absolute atomic E-state index is 0.241. The van der Waals surface area contributed by atoms with Crippen LogP contribution in [0.15, 0.2) is 54.9 Å². The fraction of sp³-hybridized carbons (Fsp3) is 0.190. The lowest BCUT2D eigenvalue weighted by molar-refractivity contribution is 0.0949. The summed E-state index contributed by atoms with van der Waals surface area (Å²) in [6.45, 7) is 4.58. The minimum Gasteiger partial charge on any atom is -0.350 e. The summed E-state index contributed by atoms with van der Waals surface area (Å²) < 4.78 is 0. The maximum absolute atomic E-state index is 12.2. The van der Waals surface area contributed by atoms with Crippen LogP contribution in [0.25, 0.3) is 0 Å². The third-order valence-corrected chi connectivity index (χ3v) is 4.48. The fourth-order valence-corrected chi connectivity index (χ4v) is 2.84. The number of para-hydroxylation sites is 1. The van der Waals surface area contributed by atoms with Crippen molar-refractivity contribution in [2.75, 3.05) is 11.9 Å². The normalized spacial score (nSPS) is 10.5. The Kier molecular flexibility index (Phi) is 6.04. The van der Waals surface area contributed by atoms with Gasteiger partial charge in [0.2, 0.25) is 0 Å². The molecule has 0 bridgehead atoms. The number of anilines is 2. The molecule has 0 spiro atoms. The van der Waals surface area contributed by atoms with E-state index in [4.69, 9.17) is 11.6 Å². The molecule has 6 heteroatoms. The molecule has 2 N–H and O–H groups in total. The Labute approximate surface area is 163 Å². The average Bonchev–Trinajstić information content (AvgIpc) is 2.67. The predicted molar refractivity (Wildman–Crippen MR) is 109 cm³/mol. The summed E-state index contributed by atoms with van der Waals surface area (Å²) in [5, 5.41) is 6.82. The Morgan fingerprint density at radius 1 is 1.00 bits per heavy atom. The Hall–Kier alpha value is -2.92. The van der Waals surface area contributed by atoms with E-state index in [0.29, 0.717) is 17.4 Å². The van der Waals surface area contributed by atoms with Crippen LogP contribution in [0.4, 0.5) is 11.5 Å². The molecule has 0 unspecified atom stereocenters. The molecule has 0 fully saturated rings. The number of carbonyl (C=O) groups is 1. The predicted octanol–water partition coefficient (Wildman–Crippen LogP) is 4.46. The maximum Gasteiger partial charge on any atom is 0.271 e. The van der Waals surface area contributed by atoms with E-state index < -0.39 is 0 Å². The summed E-state index contributed by atoms with van der Waals surface area (Å²) in [5.41, 5.74) is 4.66. The number of rotatable bonds is 6. The topological polar surface area (TPSA) is 66.9 Å². The number of benzene rings is 2. The second kappa shape index (κ2) is 8.64. The van der Waals surface area contributed by atoms with Gasteiger partial charge in [-0.3, -0.25) is 4.79 Å². The Morgan fingerprint density at radius 3 is 2.33 bits per heavy atom. The Morgan fingerprint density at radius 2 is 1.70 bits per heavy atom. The van der Waals surface area contributed by atoms with Gasteiger partial charge in [-0.05, 0) is 49.1 Å². The molecule has 0 saturated heterocycles. The summed E-state index contributed by atoms with van der Waals surface area (Å²) in [7, 11) is 0. The van der Waals surface area contributed by atoms with Crippen LogP contribution < -0.4 is 10.6 Å². The minimum atomic E-state index is -0.241. The second-order valence-corrected chi connectivity index (χ2v) is 6.75. The quantitative estimate of drug-likeness (QED) is 0.662. The first-order chi connectivity index (χ1) is 13.0. The lowest BCUT2D eigenvalue weighted by Crippen LogP contribution is -2.26. The lowest BCUT2D eigenvalue weighted by Gasteiger charge is -2.11. The van der Waals surface area contributed by atoms with Gasteiger partial charge in [-0.1, -0.05) is 41.9 Å². The molecule has 138 valence electrons. The smallest absolute Gasteiger partial charge is 0.271 e. The number of aromatic nitrogens is 2. The van der Waals surface area contributed by atoms with E-state index in [1.54, 1.807) is 6.20 Å². The van der Waals surface area contributed by atoms with Crippen molar-refractivity contribution in [3.63, 3.8) is 0 Å². The zero-order chi connectivity index (χ0) is 19.2. The zero-order valence-electron chi connectivity index (χ0n) is 15.3. The number of hydrogen-bond donors (Lipinski definition) is 2. The van der Waals surface area contributed by atoms with Gasteiger partial charge in [-0.15, -0.1) is 0 Å². The molecule has 0 atom stereocenters. The molecule has 3 rings (SSSR count). The number of nitrogens with zero attached hydrogens (tertiary/aromatic N) is 2. The van der Waals surface area contributed by atoms with Crippen molar-refractivity contribution in [2.24, 2.45) is 0 Å². The molecule has 1 aromatic heterocycles. The number of halogens is 1. The molecule has 5 nitrogen and oxygen atoms in total. The highest BCUT2D eigenvalue weighted by Crippen LogP contribution is 2.22. The largest absolute Gasteiger partial charge is 0.350 e. The molecule has 0 aliphatic heterocycles. The third-order valence-electron chi connectivity index (χ3n) is 4.23. The molecular formula is C21H21ClN4O. The van der Waals surface area contributed by atoms with E-state index in [-0.39, 0.29) is 11.6 Å². The van der Waals surface area contributed by atoms with Crippen LogP contribution in [0.2, 0.25) is 5.02 Å². The maximum atomic E-state index is 12.2. The average molecular weight is 381 g/mol. The molecule has 0 aliphatic rings. The van der Waals surface area contributed by atoms with Gasteiger partial charge in [0, 0.05) is 17.3 Å². The van der Waals surface area contributed by atoms with Crippen LogP contribution in [0.3, 0.4) is 0 Å². The molecule has 2 aromatic carbocycles. The summed E-state index contributed by atoms with van der Waals surface area (Å²) in [5.74, 6) is 0.361. The van der Waals surface area contributed by atoms with E-state index in [9.17, 15) is 4.79 Å². The highest BCUT2D eigenvalue weighted by atomic mass is 35.5. The van der Waals surface area contributed by atoms with Crippen molar-refractivity contribution in [3.05, 3.63) is 82.3 Å². The van der Waals surface area contributed by atoms with Crippen LogP contribution in [0.1, 0.15) is 27.2 Å². The molecule has 27 heavy (non-hydrogen) atoms. The van der Waals surface area contributed by atoms with E-state index in [0.717, 1.165) is 28.8 Å². The molecular weight excluding hydrogens is 360 g/mol. The molecule has 0 aliphatic carbocycles. The van der Waals surface area contributed by atoms with Crippen molar-refractivity contribution < 1.29 is 4.79 Å². The summed E-state index contributed by atoms with van der Waals surface area (Å²) in [6, 6.07) is 13.7. The first-order valence-electron chi connectivity index (χ1n) is 8.71. The number of hydrogen-bond acceptors (Lipinski definition) is 4. The monoisotopic (exact) mass is 380 g/mol. The van der Waals surface area contributed by atoms with Crippen LogP contribution in [-0.4, -0.2) is 22.4 Å². The highest BCUT2D eigenvalue weighted by molar-refractivity contribution is 6.30. The number of nitrogens with one attached hydrogen (secondary N) is 2. The van der Waals surface area contributed by atoms with Crippen molar-refractivity contribution in [2.45, 2.75) is 20.3 Å². The van der Waals surface area contributed by atoms with Gasteiger partial charge in [0.25, 0.3) is 5.91 Å². The van der Waals surface area contributed by atoms with Gasteiger partial charge in [0.1, 0.15) is 11.5 Å². The van der Waals surface area contributed by atoms with Gasteiger partial charge < -0.3 is 10.6 Å². The van der Waals surface area contributed by atoms with Crippen molar-refractivity contribution in [3.8, 4) is 0 Å². The molecule has 3 aromatic rings. The molecule has 1 heterocycles. The van der Waals surface area contributed by atoms with Crippen molar-refractivity contribution in [1.29, 1.82) is 0 Å². The molecule has 0 saturated carbocycles.